The van der Waals surface area contributed by atoms with E-state index in [-0.39, 0.29) is 6.04 Å². The first-order chi connectivity index (χ1) is 22.3. The van der Waals surface area contributed by atoms with Gasteiger partial charge in [-0.25, -0.2) is 0 Å². The molecule has 6 aromatic carbocycles. The van der Waals surface area contributed by atoms with E-state index in [1.54, 1.807) is 0 Å². The fourth-order valence-corrected chi connectivity index (χ4v) is 7.45. The minimum absolute atomic E-state index is 0.262. The molecule has 1 aliphatic carbocycles. The molecular weight excluding hydrogens is 550 g/mol. The zero-order valence-electron chi connectivity index (χ0n) is 24.4. The number of fused-ring (bicyclic) bond motifs is 9. The van der Waals surface area contributed by atoms with Crippen LogP contribution in [0.2, 0.25) is 0 Å². The number of benzene rings is 6. The molecule has 1 aliphatic heterocycles. The number of allylic oxidation sites excluding steroid dienone is 2. The van der Waals surface area contributed by atoms with Gasteiger partial charge in [-0.15, -0.1) is 0 Å². The number of rotatable bonds is 3. The van der Waals surface area contributed by atoms with Gasteiger partial charge in [-0.1, -0.05) is 91.0 Å². The highest BCUT2D eigenvalue weighted by Gasteiger charge is 2.37. The van der Waals surface area contributed by atoms with E-state index in [0.717, 1.165) is 55.0 Å². The van der Waals surface area contributed by atoms with Gasteiger partial charge in [0.1, 0.15) is 22.3 Å². The van der Waals surface area contributed by atoms with Crippen LogP contribution in [-0.2, 0) is 0 Å². The number of anilines is 2. The lowest BCUT2D eigenvalue weighted by Gasteiger charge is -2.28. The molecule has 0 saturated carbocycles. The molecule has 2 unspecified atom stereocenters. The summed E-state index contributed by atoms with van der Waals surface area (Å²) in [6, 6.07) is 45.7. The lowest BCUT2D eigenvalue weighted by Crippen LogP contribution is -2.28. The van der Waals surface area contributed by atoms with Crippen LogP contribution in [0.4, 0.5) is 11.4 Å². The van der Waals surface area contributed by atoms with Crippen molar-refractivity contribution in [1.82, 2.24) is 0 Å². The summed E-state index contributed by atoms with van der Waals surface area (Å²) < 4.78 is 12.6. The van der Waals surface area contributed by atoms with Gasteiger partial charge in [-0.3, -0.25) is 0 Å². The standard InChI is InChI=1S/C42H27NO2/c1-2-8-26(9-3-1)27-14-18-39-33(22-27)34-23-28(15-19-40(34)44-39)29-16-20-41-35(24-29)36-25-30(17-21-42(36)45-41)43-37-12-6-4-10-31(37)32-11-5-7-13-38(32)43/h1-25,31,37H. The van der Waals surface area contributed by atoms with Crippen molar-refractivity contribution in [2.24, 2.45) is 0 Å². The van der Waals surface area contributed by atoms with E-state index < -0.39 is 0 Å². The smallest absolute Gasteiger partial charge is 0.135 e. The highest BCUT2D eigenvalue weighted by molar-refractivity contribution is 6.10. The quantitative estimate of drug-likeness (QED) is 0.209. The Morgan fingerprint density at radius 1 is 0.444 bits per heavy atom. The molecule has 10 rings (SSSR count). The van der Waals surface area contributed by atoms with E-state index in [1.807, 2.05) is 0 Å². The molecule has 0 amide bonds. The Morgan fingerprint density at radius 2 is 0.978 bits per heavy atom. The van der Waals surface area contributed by atoms with Crippen molar-refractivity contribution >= 4 is 55.3 Å². The molecule has 0 spiro atoms. The van der Waals surface area contributed by atoms with Crippen molar-refractivity contribution in [3.63, 3.8) is 0 Å². The fourth-order valence-electron chi connectivity index (χ4n) is 7.45. The average Bonchev–Trinajstić information content (AvgIpc) is 3.77. The molecule has 2 atom stereocenters. The van der Waals surface area contributed by atoms with Crippen LogP contribution >= 0.6 is 0 Å². The summed E-state index contributed by atoms with van der Waals surface area (Å²) in [5.41, 5.74) is 12.1. The van der Waals surface area contributed by atoms with E-state index in [1.165, 1.54) is 28.1 Å². The van der Waals surface area contributed by atoms with Crippen molar-refractivity contribution in [1.29, 1.82) is 0 Å². The normalized spacial score (nSPS) is 17.1. The second-order valence-electron chi connectivity index (χ2n) is 12.1. The molecule has 212 valence electrons. The van der Waals surface area contributed by atoms with Gasteiger partial charge in [-0.2, -0.15) is 0 Å². The van der Waals surface area contributed by atoms with Gasteiger partial charge in [0.15, 0.2) is 0 Å². The van der Waals surface area contributed by atoms with Crippen LogP contribution in [0.5, 0.6) is 0 Å². The highest BCUT2D eigenvalue weighted by atomic mass is 16.3. The van der Waals surface area contributed by atoms with Crippen LogP contribution < -0.4 is 4.90 Å². The monoisotopic (exact) mass is 577 g/mol. The molecule has 0 N–H and O–H groups in total. The van der Waals surface area contributed by atoms with E-state index in [9.17, 15) is 0 Å². The zero-order valence-corrected chi connectivity index (χ0v) is 24.4. The Hall–Kier alpha value is -5.80. The number of furan rings is 2. The maximum atomic E-state index is 6.35. The molecule has 0 fully saturated rings. The van der Waals surface area contributed by atoms with E-state index >= 15 is 0 Å². The van der Waals surface area contributed by atoms with E-state index in [2.05, 4.69) is 157 Å². The third-order valence-corrected chi connectivity index (χ3v) is 9.60. The van der Waals surface area contributed by atoms with Crippen LogP contribution in [-0.4, -0.2) is 6.04 Å². The molecular formula is C42H27NO2. The van der Waals surface area contributed by atoms with E-state index in [0.29, 0.717) is 5.92 Å². The van der Waals surface area contributed by atoms with E-state index in [4.69, 9.17) is 8.83 Å². The predicted molar refractivity (Wildman–Crippen MR) is 185 cm³/mol. The van der Waals surface area contributed by atoms with Crippen molar-refractivity contribution in [3.05, 3.63) is 157 Å². The Morgan fingerprint density at radius 3 is 1.64 bits per heavy atom. The van der Waals surface area contributed by atoms with Gasteiger partial charge in [0.2, 0.25) is 0 Å². The van der Waals surface area contributed by atoms with Gasteiger partial charge >= 0.3 is 0 Å². The summed E-state index contributed by atoms with van der Waals surface area (Å²) in [6.45, 7) is 0. The highest BCUT2D eigenvalue weighted by Crippen LogP contribution is 2.48. The Labute approximate surface area is 259 Å². The van der Waals surface area contributed by atoms with Crippen molar-refractivity contribution in [2.45, 2.75) is 12.0 Å². The molecule has 0 saturated heterocycles. The van der Waals surface area contributed by atoms with Crippen molar-refractivity contribution in [2.75, 3.05) is 4.90 Å². The third kappa shape index (κ3) is 3.71. The molecule has 45 heavy (non-hydrogen) atoms. The summed E-state index contributed by atoms with van der Waals surface area (Å²) in [7, 11) is 0. The average molecular weight is 578 g/mol. The number of hydrogen-bond donors (Lipinski definition) is 0. The summed E-state index contributed by atoms with van der Waals surface area (Å²) in [5.74, 6) is 0.354. The van der Waals surface area contributed by atoms with Crippen LogP contribution in [0.25, 0.3) is 66.1 Å². The lowest BCUT2D eigenvalue weighted by molar-refractivity contribution is 0.668. The molecule has 2 aliphatic rings. The maximum absolute atomic E-state index is 6.35. The van der Waals surface area contributed by atoms with Crippen LogP contribution in [0.1, 0.15) is 11.5 Å². The largest absolute Gasteiger partial charge is 0.456 e. The Kier molecular flexibility index (Phi) is 5.11. The number of hydrogen-bond acceptors (Lipinski definition) is 3. The van der Waals surface area contributed by atoms with Crippen molar-refractivity contribution < 1.29 is 8.83 Å². The second-order valence-corrected chi connectivity index (χ2v) is 12.1. The van der Waals surface area contributed by atoms with Gasteiger partial charge in [0.25, 0.3) is 0 Å². The molecule has 0 bridgehead atoms. The minimum atomic E-state index is 0.262. The first kappa shape index (κ1) is 24.6. The molecule has 3 heterocycles. The van der Waals surface area contributed by atoms with Crippen LogP contribution in [0.3, 0.4) is 0 Å². The van der Waals surface area contributed by atoms with Crippen LogP contribution in [0, 0.1) is 0 Å². The predicted octanol–water partition coefficient (Wildman–Crippen LogP) is 11.5. The summed E-state index contributed by atoms with van der Waals surface area (Å²) in [4.78, 5) is 2.48. The van der Waals surface area contributed by atoms with Gasteiger partial charge in [0.05, 0.1) is 6.04 Å². The maximum Gasteiger partial charge on any atom is 0.135 e. The Balaban J connectivity index is 1.09. The first-order valence-corrected chi connectivity index (χ1v) is 15.5. The van der Waals surface area contributed by atoms with Crippen molar-refractivity contribution in [3.8, 4) is 22.3 Å². The third-order valence-electron chi connectivity index (χ3n) is 9.60. The summed E-state index contributed by atoms with van der Waals surface area (Å²) in [5, 5.41) is 4.50. The number of nitrogens with zero attached hydrogens (tertiary/aromatic N) is 1. The lowest BCUT2D eigenvalue weighted by atomic mass is 9.91. The first-order valence-electron chi connectivity index (χ1n) is 15.5. The zero-order chi connectivity index (χ0) is 29.5. The topological polar surface area (TPSA) is 29.5 Å². The van der Waals surface area contributed by atoms with Gasteiger partial charge < -0.3 is 13.7 Å². The summed E-state index contributed by atoms with van der Waals surface area (Å²) >= 11 is 0. The molecule has 3 nitrogen and oxygen atoms in total. The molecule has 0 radical (unpaired) electrons. The molecule has 2 aromatic heterocycles. The second kappa shape index (κ2) is 9.35. The minimum Gasteiger partial charge on any atom is -0.456 e. The fraction of sp³-hybridized carbons (Fsp3) is 0.0476. The van der Waals surface area contributed by atoms with Gasteiger partial charge in [0, 0.05) is 38.8 Å². The SMILES string of the molecule is C1=CC2c3ccccc3N(c3ccc4oc5ccc(-c6ccc7oc8ccc(-c9ccccc9)cc8c7c6)cc5c4c3)C2C=C1. The van der Waals surface area contributed by atoms with Crippen LogP contribution in [0.15, 0.2) is 161 Å². The molecule has 8 aromatic rings. The molecule has 3 heteroatoms. The Bertz CT molecular complexity index is 2510. The number of para-hydroxylation sites is 1. The summed E-state index contributed by atoms with van der Waals surface area (Å²) in [6.07, 6.45) is 8.98. The van der Waals surface area contributed by atoms with Gasteiger partial charge in [-0.05, 0) is 88.5 Å².